The van der Waals surface area contributed by atoms with Crippen molar-refractivity contribution in [3.8, 4) is 0 Å². The summed E-state index contributed by atoms with van der Waals surface area (Å²) in [7, 11) is 0. The molecule has 136 valence electrons. The summed E-state index contributed by atoms with van der Waals surface area (Å²) in [5.74, 6) is -4.55. The van der Waals surface area contributed by atoms with E-state index >= 15 is 0 Å². The van der Waals surface area contributed by atoms with E-state index in [1.54, 1.807) is 0 Å². The number of rotatable bonds is 5. The molecule has 1 fully saturated rings. The summed E-state index contributed by atoms with van der Waals surface area (Å²) in [5, 5.41) is 9.60. The maximum Gasteiger partial charge on any atom is 0.417 e. The van der Waals surface area contributed by atoms with E-state index in [-0.39, 0.29) is 12.2 Å². The van der Waals surface area contributed by atoms with Gasteiger partial charge in [0.05, 0.1) is 18.6 Å². The van der Waals surface area contributed by atoms with E-state index in [0.29, 0.717) is 6.42 Å². The van der Waals surface area contributed by atoms with Crippen molar-refractivity contribution in [2.75, 3.05) is 13.2 Å². The van der Waals surface area contributed by atoms with Crippen molar-refractivity contribution in [2.45, 2.75) is 18.4 Å². The Labute approximate surface area is 148 Å². The number of benzene rings is 2. The molecule has 26 heavy (non-hydrogen) atoms. The zero-order valence-corrected chi connectivity index (χ0v) is 13.8. The summed E-state index contributed by atoms with van der Waals surface area (Å²) in [6.07, 6.45) is -0.492. The molecule has 0 aromatic heterocycles. The molecule has 1 aliphatic heterocycles. The second kappa shape index (κ2) is 7.61. The van der Waals surface area contributed by atoms with E-state index in [1.807, 2.05) is 30.3 Å². The van der Waals surface area contributed by atoms with Gasteiger partial charge in [0.15, 0.2) is 11.6 Å². The van der Waals surface area contributed by atoms with E-state index in [4.69, 9.17) is 4.74 Å². The van der Waals surface area contributed by atoms with Crippen LogP contribution in [0.5, 0.6) is 0 Å². The third kappa shape index (κ3) is 3.43. The predicted molar refractivity (Wildman–Crippen MR) is 88.3 cm³/mol. The van der Waals surface area contributed by atoms with Crippen LogP contribution in [0.4, 0.5) is 13.6 Å². The largest absolute Gasteiger partial charge is 0.447 e. The molecule has 1 heterocycles. The van der Waals surface area contributed by atoms with Crippen molar-refractivity contribution in [1.82, 2.24) is 4.90 Å². The van der Waals surface area contributed by atoms with Gasteiger partial charge in [0.2, 0.25) is 5.91 Å². The zero-order valence-electron chi connectivity index (χ0n) is 13.8. The molecule has 0 radical (unpaired) electrons. The topological polar surface area (TPSA) is 66.8 Å². The number of imide groups is 1. The molecule has 0 spiro atoms. The van der Waals surface area contributed by atoms with Gasteiger partial charge in [-0.2, -0.15) is 0 Å². The fraction of sp³-hybridized carbons (Fsp3) is 0.263. The van der Waals surface area contributed by atoms with Crippen LogP contribution in [0.25, 0.3) is 0 Å². The van der Waals surface area contributed by atoms with Crippen molar-refractivity contribution < 1.29 is 28.2 Å². The first-order valence-corrected chi connectivity index (χ1v) is 8.11. The average molecular weight is 361 g/mol. The monoisotopic (exact) mass is 361 g/mol. The van der Waals surface area contributed by atoms with Gasteiger partial charge in [0.1, 0.15) is 6.61 Å². The van der Waals surface area contributed by atoms with Crippen LogP contribution in [-0.4, -0.2) is 41.3 Å². The van der Waals surface area contributed by atoms with Crippen LogP contribution in [0, 0.1) is 11.6 Å². The molecule has 2 amide bonds. The lowest BCUT2D eigenvalue weighted by Crippen LogP contribution is -2.43. The lowest BCUT2D eigenvalue weighted by Gasteiger charge is -2.24. The van der Waals surface area contributed by atoms with Crippen LogP contribution in [-0.2, 0) is 16.0 Å². The van der Waals surface area contributed by atoms with Gasteiger partial charge in [-0.05, 0) is 18.1 Å². The Kier molecular flexibility index (Phi) is 5.27. The van der Waals surface area contributed by atoms with E-state index in [2.05, 4.69) is 0 Å². The average Bonchev–Trinajstić information content (AvgIpc) is 3.00. The van der Waals surface area contributed by atoms with Gasteiger partial charge in [-0.15, -0.1) is 0 Å². The van der Waals surface area contributed by atoms with Crippen LogP contribution in [0.2, 0.25) is 0 Å². The van der Waals surface area contributed by atoms with Gasteiger partial charge in [-0.3, -0.25) is 4.79 Å². The molecule has 0 bridgehead atoms. The van der Waals surface area contributed by atoms with E-state index < -0.39 is 42.2 Å². The maximum atomic E-state index is 14.1. The van der Waals surface area contributed by atoms with Crippen molar-refractivity contribution in [3.05, 3.63) is 71.3 Å². The second-order valence-electron chi connectivity index (χ2n) is 6.01. The van der Waals surface area contributed by atoms with Crippen molar-refractivity contribution in [2.24, 2.45) is 0 Å². The minimum atomic E-state index is -1.39. The van der Waals surface area contributed by atoms with Crippen LogP contribution in [0.3, 0.4) is 0 Å². The number of aliphatic hydroxyl groups is 1. The summed E-state index contributed by atoms with van der Waals surface area (Å²) in [6.45, 7) is -0.760. The van der Waals surface area contributed by atoms with Crippen molar-refractivity contribution >= 4 is 12.0 Å². The standard InChI is InChI=1S/C19H17F2NO4/c20-16-8-4-7-14(17(16)21)15(10-23)18(24)22-13(11-26-19(22)25)9-12-5-2-1-3-6-12/h1-8,13,15,23H,9-11H2/t13-,15-/m1/s1. The first kappa shape index (κ1) is 18.0. The quantitative estimate of drug-likeness (QED) is 0.889. The second-order valence-corrected chi connectivity index (χ2v) is 6.01. The fourth-order valence-electron chi connectivity index (χ4n) is 3.03. The summed E-state index contributed by atoms with van der Waals surface area (Å²) in [4.78, 5) is 25.8. The minimum Gasteiger partial charge on any atom is -0.447 e. The van der Waals surface area contributed by atoms with Gasteiger partial charge in [0.25, 0.3) is 0 Å². The van der Waals surface area contributed by atoms with E-state index in [0.717, 1.165) is 16.5 Å². The van der Waals surface area contributed by atoms with Gasteiger partial charge in [-0.25, -0.2) is 18.5 Å². The minimum absolute atomic E-state index is 0.00322. The van der Waals surface area contributed by atoms with Gasteiger partial charge >= 0.3 is 6.09 Å². The van der Waals surface area contributed by atoms with E-state index in [9.17, 15) is 23.5 Å². The van der Waals surface area contributed by atoms with Gasteiger partial charge in [-0.1, -0.05) is 42.5 Å². The molecule has 1 aliphatic rings. The highest BCUT2D eigenvalue weighted by Crippen LogP contribution is 2.27. The number of ether oxygens (including phenoxy) is 1. The van der Waals surface area contributed by atoms with Gasteiger partial charge in [0, 0.05) is 5.56 Å². The third-order valence-electron chi connectivity index (χ3n) is 4.35. The molecule has 0 aliphatic carbocycles. The highest BCUT2D eigenvalue weighted by Gasteiger charge is 2.41. The Hall–Kier alpha value is -2.80. The molecular formula is C19H17F2NO4. The number of carbonyl (C=O) groups excluding carboxylic acids is 2. The summed E-state index contributed by atoms with van der Waals surface area (Å²) in [5.41, 5.74) is 0.599. The molecule has 2 atom stereocenters. The van der Waals surface area contributed by atoms with Crippen LogP contribution in [0.15, 0.2) is 48.5 Å². The highest BCUT2D eigenvalue weighted by atomic mass is 19.2. The Bertz CT molecular complexity index is 812. The first-order valence-electron chi connectivity index (χ1n) is 8.11. The number of hydrogen-bond donors (Lipinski definition) is 1. The number of cyclic esters (lactones) is 1. The smallest absolute Gasteiger partial charge is 0.417 e. The Morgan fingerprint density at radius 1 is 1.19 bits per heavy atom. The number of nitrogens with zero attached hydrogens (tertiary/aromatic N) is 1. The highest BCUT2D eigenvalue weighted by molar-refractivity contribution is 5.97. The number of hydrogen-bond acceptors (Lipinski definition) is 4. The molecule has 2 aromatic carbocycles. The molecule has 1 saturated heterocycles. The molecule has 3 rings (SSSR count). The molecule has 5 nitrogen and oxygen atoms in total. The Morgan fingerprint density at radius 3 is 2.62 bits per heavy atom. The molecule has 1 N–H and O–H groups in total. The summed E-state index contributed by atoms with van der Waals surface area (Å²) < 4.78 is 32.5. The Balaban J connectivity index is 1.87. The predicted octanol–water partition coefficient (Wildman–Crippen LogP) is 2.63. The first-order chi connectivity index (χ1) is 12.5. The Morgan fingerprint density at radius 2 is 1.92 bits per heavy atom. The molecule has 0 saturated carbocycles. The number of halogens is 2. The fourth-order valence-corrected chi connectivity index (χ4v) is 3.03. The lowest BCUT2D eigenvalue weighted by atomic mass is 9.96. The maximum absolute atomic E-state index is 14.1. The summed E-state index contributed by atoms with van der Waals surface area (Å²) in [6, 6.07) is 12.0. The van der Waals surface area contributed by atoms with Gasteiger partial charge < -0.3 is 9.84 Å². The molecule has 7 heteroatoms. The van der Waals surface area contributed by atoms with Crippen LogP contribution in [0.1, 0.15) is 17.0 Å². The molecular weight excluding hydrogens is 344 g/mol. The number of carbonyl (C=O) groups is 2. The molecule has 0 unspecified atom stereocenters. The molecule has 2 aromatic rings. The zero-order chi connectivity index (χ0) is 18.7. The normalized spacial score (nSPS) is 17.9. The van der Waals surface area contributed by atoms with Crippen molar-refractivity contribution in [3.63, 3.8) is 0 Å². The summed E-state index contributed by atoms with van der Waals surface area (Å²) >= 11 is 0. The van der Waals surface area contributed by atoms with Crippen LogP contribution < -0.4 is 0 Å². The number of aliphatic hydroxyl groups excluding tert-OH is 1. The van der Waals surface area contributed by atoms with Crippen LogP contribution >= 0.6 is 0 Å². The van der Waals surface area contributed by atoms with Crippen molar-refractivity contribution in [1.29, 1.82) is 0 Å². The SMILES string of the molecule is O=C1OC[C@@H](Cc2ccccc2)N1C(=O)[C@H](CO)c1cccc(F)c1F. The van der Waals surface area contributed by atoms with E-state index in [1.165, 1.54) is 12.1 Å². The number of amides is 2. The lowest BCUT2D eigenvalue weighted by molar-refractivity contribution is -0.131. The third-order valence-corrected chi connectivity index (χ3v) is 4.35.